The molecule has 0 unspecified atom stereocenters. The maximum absolute atomic E-state index is 13.8. The molecule has 4 rings (SSSR count). The van der Waals surface area contributed by atoms with Crippen molar-refractivity contribution >= 4 is 5.91 Å². The fourth-order valence-corrected chi connectivity index (χ4v) is 5.43. The highest BCUT2D eigenvalue weighted by atomic mass is 19.4. The third kappa shape index (κ3) is 8.11. The van der Waals surface area contributed by atoms with Crippen LogP contribution in [0.25, 0.3) is 0 Å². The number of hydrogen-bond acceptors (Lipinski definition) is 4. The van der Waals surface area contributed by atoms with Crippen molar-refractivity contribution in [1.29, 1.82) is 0 Å². The number of nitrogens with zero attached hydrogens (tertiary/aromatic N) is 3. The molecule has 0 N–H and O–H groups in total. The van der Waals surface area contributed by atoms with Gasteiger partial charge in [0, 0.05) is 19.6 Å². The van der Waals surface area contributed by atoms with E-state index in [-0.39, 0.29) is 29.3 Å². The molecule has 5 nitrogen and oxygen atoms in total. The molecule has 3 aromatic carbocycles. The molecule has 8 heteroatoms. The summed E-state index contributed by atoms with van der Waals surface area (Å²) in [5.41, 5.74) is 4.35. The standard InChI is InChI=1S/C33H40F3N3O2/c1-32(2,3)27-15-13-26(14-16-27)30-38(5)29(20-21-37(4)23-25-9-7-6-8-10-25)31(40)39(30)22-19-24-11-17-28(18-12-24)41-33(34,35)36/h6-18,29-30H,19-23H2,1-5H3/t29-,30+/m0/s1. The third-order valence-corrected chi connectivity index (χ3v) is 7.69. The van der Waals surface area contributed by atoms with E-state index in [4.69, 9.17) is 0 Å². The molecule has 1 saturated heterocycles. The molecule has 220 valence electrons. The van der Waals surface area contributed by atoms with Crippen molar-refractivity contribution in [2.75, 3.05) is 27.2 Å². The van der Waals surface area contributed by atoms with Gasteiger partial charge in [0.05, 0.1) is 6.04 Å². The van der Waals surface area contributed by atoms with Crippen molar-refractivity contribution in [2.45, 2.75) is 64.1 Å². The Morgan fingerprint density at radius 1 is 0.878 bits per heavy atom. The summed E-state index contributed by atoms with van der Waals surface area (Å²) >= 11 is 0. The van der Waals surface area contributed by atoms with Crippen LogP contribution in [0, 0.1) is 0 Å². The normalized spacial score (nSPS) is 18.4. The minimum Gasteiger partial charge on any atom is -0.406 e. The van der Waals surface area contributed by atoms with Gasteiger partial charge in [0.2, 0.25) is 5.91 Å². The summed E-state index contributed by atoms with van der Waals surface area (Å²) in [6, 6.07) is 24.3. The summed E-state index contributed by atoms with van der Waals surface area (Å²) in [6.45, 7) is 8.54. The number of halogens is 3. The number of likely N-dealkylation sites (N-methyl/N-ethyl adjacent to an activating group) is 1. The Labute approximate surface area is 241 Å². The van der Waals surface area contributed by atoms with E-state index in [1.165, 1.54) is 23.3 Å². The fourth-order valence-electron chi connectivity index (χ4n) is 5.43. The second-order valence-electron chi connectivity index (χ2n) is 11.9. The van der Waals surface area contributed by atoms with Crippen LogP contribution in [0.2, 0.25) is 0 Å². The molecule has 0 aromatic heterocycles. The molecule has 0 spiro atoms. The van der Waals surface area contributed by atoms with Crippen molar-refractivity contribution in [3.8, 4) is 5.75 Å². The number of benzene rings is 3. The van der Waals surface area contributed by atoms with Gasteiger partial charge in [0.25, 0.3) is 0 Å². The summed E-state index contributed by atoms with van der Waals surface area (Å²) in [4.78, 5) is 20.2. The first-order valence-electron chi connectivity index (χ1n) is 14.0. The number of carbonyl (C=O) groups is 1. The first-order valence-corrected chi connectivity index (χ1v) is 14.0. The summed E-state index contributed by atoms with van der Waals surface area (Å²) in [5, 5.41) is 0. The van der Waals surface area contributed by atoms with Gasteiger partial charge in [-0.25, -0.2) is 0 Å². The monoisotopic (exact) mass is 567 g/mol. The van der Waals surface area contributed by atoms with E-state index in [1.54, 1.807) is 12.1 Å². The molecule has 1 aliphatic heterocycles. The van der Waals surface area contributed by atoms with Crippen LogP contribution in [0.15, 0.2) is 78.9 Å². The second-order valence-corrected chi connectivity index (χ2v) is 11.9. The third-order valence-electron chi connectivity index (χ3n) is 7.69. The Kier molecular flexibility index (Phi) is 9.44. The lowest BCUT2D eigenvalue weighted by molar-refractivity contribution is -0.274. The molecule has 0 bridgehead atoms. The maximum Gasteiger partial charge on any atom is 0.573 e. The summed E-state index contributed by atoms with van der Waals surface area (Å²) in [6.07, 6.45) is -3.75. The van der Waals surface area contributed by atoms with E-state index in [1.807, 2.05) is 30.1 Å². The number of alkyl halides is 3. The topological polar surface area (TPSA) is 36.0 Å². The van der Waals surface area contributed by atoms with Gasteiger partial charge >= 0.3 is 6.36 Å². The first kappa shape index (κ1) is 30.6. The van der Waals surface area contributed by atoms with E-state index in [9.17, 15) is 18.0 Å². The average molecular weight is 568 g/mol. The quantitative estimate of drug-likeness (QED) is 0.270. The van der Waals surface area contributed by atoms with Crippen molar-refractivity contribution in [1.82, 2.24) is 14.7 Å². The lowest BCUT2D eigenvalue weighted by Gasteiger charge is -2.30. The van der Waals surface area contributed by atoms with Crippen LogP contribution in [-0.2, 0) is 23.2 Å². The number of hydrogen-bond donors (Lipinski definition) is 0. The second kappa shape index (κ2) is 12.7. The molecule has 1 fully saturated rings. The molecule has 41 heavy (non-hydrogen) atoms. The van der Waals surface area contributed by atoms with Gasteiger partial charge in [-0.15, -0.1) is 13.2 Å². The van der Waals surface area contributed by atoms with Gasteiger partial charge in [0.15, 0.2) is 0 Å². The van der Waals surface area contributed by atoms with Crippen molar-refractivity contribution in [3.63, 3.8) is 0 Å². The van der Waals surface area contributed by atoms with E-state index in [2.05, 4.69) is 78.8 Å². The summed E-state index contributed by atoms with van der Waals surface area (Å²) in [7, 11) is 4.07. The molecule has 1 heterocycles. The highest BCUT2D eigenvalue weighted by Gasteiger charge is 2.44. The van der Waals surface area contributed by atoms with Crippen LogP contribution >= 0.6 is 0 Å². The molecular formula is C33H40F3N3O2. The lowest BCUT2D eigenvalue weighted by atomic mass is 9.86. The van der Waals surface area contributed by atoms with E-state index in [0.717, 1.165) is 24.2 Å². The van der Waals surface area contributed by atoms with E-state index in [0.29, 0.717) is 19.4 Å². The minimum atomic E-state index is -4.73. The van der Waals surface area contributed by atoms with Crippen LogP contribution in [0.5, 0.6) is 5.75 Å². The van der Waals surface area contributed by atoms with Gasteiger partial charge in [-0.1, -0.05) is 87.5 Å². The van der Waals surface area contributed by atoms with Gasteiger partial charge in [-0.2, -0.15) is 0 Å². The van der Waals surface area contributed by atoms with E-state index < -0.39 is 6.36 Å². The minimum absolute atomic E-state index is 0.0173. The SMILES string of the molecule is CN(CC[C@H]1C(=O)N(CCc2ccc(OC(F)(F)F)cc2)[C@H](c2ccc(C(C)(C)C)cc2)N1C)Cc1ccccc1. The Morgan fingerprint density at radius 3 is 2.10 bits per heavy atom. The van der Waals surface area contributed by atoms with Crippen LogP contribution < -0.4 is 4.74 Å². The highest BCUT2D eigenvalue weighted by Crippen LogP contribution is 2.36. The van der Waals surface area contributed by atoms with Crippen molar-refractivity contribution in [3.05, 3.63) is 101 Å². The summed E-state index contributed by atoms with van der Waals surface area (Å²) in [5.74, 6) is -0.183. The number of rotatable bonds is 10. The molecule has 3 aromatic rings. The number of amides is 1. The Bertz CT molecular complexity index is 1270. The van der Waals surface area contributed by atoms with Gasteiger partial charge in [0.1, 0.15) is 11.9 Å². The predicted octanol–water partition coefficient (Wildman–Crippen LogP) is 6.79. The van der Waals surface area contributed by atoms with Crippen LogP contribution in [-0.4, -0.2) is 60.2 Å². The molecule has 1 aliphatic rings. The van der Waals surface area contributed by atoms with Crippen LogP contribution in [0.1, 0.15) is 55.6 Å². The first-order chi connectivity index (χ1) is 19.3. The van der Waals surface area contributed by atoms with Gasteiger partial charge in [-0.05, 0) is 66.7 Å². The molecule has 0 radical (unpaired) electrons. The number of ether oxygens (including phenoxy) is 1. The fraction of sp³-hybridized carbons (Fsp3) is 0.424. The molecule has 2 atom stereocenters. The zero-order chi connectivity index (χ0) is 29.8. The lowest BCUT2D eigenvalue weighted by Crippen LogP contribution is -2.35. The Hall–Kier alpha value is -3.36. The zero-order valence-electron chi connectivity index (χ0n) is 24.5. The van der Waals surface area contributed by atoms with Crippen LogP contribution in [0.3, 0.4) is 0 Å². The largest absolute Gasteiger partial charge is 0.573 e. The van der Waals surface area contributed by atoms with Gasteiger partial charge in [-0.3, -0.25) is 9.69 Å². The molecule has 0 aliphatic carbocycles. The molecular weight excluding hydrogens is 527 g/mol. The van der Waals surface area contributed by atoms with Crippen molar-refractivity contribution in [2.24, 2.45) is 0 Å². The Morgan fingerprint density at radius 2 is 1.51 bits per heavy atom. The molecule has 1 amide bonds. The average Bonchev–Trinajstić information content (AvgIpc) is 3.14. The smallest absolute Gasteiger partial charge is 0.406 e. The molecule has 0 saturated carbocycles. The Balaban J connectivity index is 1.50. The van der Waals surface area contributed by atoms with Crippen molar-refractivity contribution < 1.29 is 22.7 Å². The highest BCUT2D eigenvalue weighted by molar-refractivity contribution is 5.84. The van der Waals surface area contributed by atoms with Gasteiger partial charge < -0.3 is 14.5 Å². The number of carbonyl (C=O) groups excluding carboxylic acids is 1. The zero-order valence-corrected chi connectivity index (χ0v) is 24.5. The summed E-state index contributed by atoms with van der Waals surface area (Å²) < 4.78 is 41.7. The maximum atomic E-state index is 13.8. The van der Waals surface area contributed by atoms with E-state index >= 15 is 0 Å². The van der Waals surface area contributed by atoms with Crippen LogP contribution in [0.4, 0.5) is 13.2 Å². The predicted molar refractivity (Wildman–Crippen MR) is 155 cm³/mol.